The van der Waals surface area contributed by atoms with Crippen LogP contribution in [0.4, 0.5) is 5.13 Å². The molecule has 0 radical (unpaired) electrons. The van der Waals surface area contributed by atoms with E-state index in [1.165, 1.54) is 17.7 Å². The summed E-state index contributed by atoms with van der Waals surface area (Å²) in [6, 6.07) is 14.1. The van der Waals surface area contributed by atoms with Crippen molar-refractivity contribution >= 4 is 28.3 Å². The van der Waals surface area contributed by atoms with Gasteiger partial charge in [-0.2, -0.15) is 0 Å². The fourth-order valence-corrected chi connectivity index (χ4v) is 6.91. The predicted molar refractivity (Wildman–Crippen MR) is 180 cm³/mol. The number of nitrogens with zero attached hydrogens (tertiary/aromatic N) is 6. The maximum Gasteiger partial charge on any atom is 0.255 e. The van der Waals surface area contributed by atoms with Crippen LogP contribution in [0.3, 0.4) is 0 Å². The number of fused-ring (bicyclic) bond motifs is 3. The number of carbonyl (C=O) groups is 2. The predicted octanol–water partition coefficient (Wildman–Crippen LogP) is 3.33. The zero-order valence-electron chi connectivity index (χ0n) is 26.8. The Labute approximate surface area is 279 Å². The van der Waals surface area contributed by atoms with Crippen LogP contribution < -0.4 is 25.0 Å². The fraction of sp³-hybridized carbons (Fsp3) is 0.441. The van der Waals surface area contributed by atoms with Crippen molar-refractivity contribution in [3.8, 4) is 11.5 Å². The summed E-state index contributed by atoms with van der Waals surface area (Å²) in [4.78, 5) is 38.0. The minimum Gasteiger partial charge on any atom is -0.493 e. The lowest BCUT2D eigenvalue weighted by Gasteiger charge is -2.23. The Bertz CT molecular complexity index is 1620. The van der Waals surface area contributed by atoms with Crippen molar-refractivity contribution in [3.05, 3.63) is 82.6 Å². The van der Waals surface area contributed by atoms with E-state index in [0.717, 1.165) is 49.0 Å². The molecule has 1 saturated heterocycles. The van der Waals surface area contributed by atoms with E-state index in [1.807, 2.05) is 47.4 Å². The summed E-state index contributed by atoms with van der Waals surface area (Å²) < 4.78 is 13.5. The molecule has 13 heteroatoms. The molecule has 2 aliphatic rings. The van der Waals surface area contributed by atoms with Gasteiger partial charge in [-0.1, -0.05) is 41.6 Å². The smallest absolute Gasteiger partial charge is 0.255 e. The van der Waals surface area contributed by atoms with Crippen LogP contribution in [0, 0.1) is 0 Å². The second-order valence-corrected chi connectivity index (χ2v) is 12.9. The van der Waals surface area contributed by atoms with E-state index in [-0.39, 0.29) is 5.91 Å². The number of hydrogen-bond acceptors (Lipinski definition) is 10. The number of aryl methyl sites for hydroxylation is 1. The second-order valence-electron chi connectivity index (χ2n) is 11.8. The van der Waals surface area contributed by atoms with Gasteiger partial charge in [-0.25, -0.2) is 4.98 Å². The van der Waals surface area contributed by atoms with E-state index in [4.69, 9.17) is 14.5 Å². The number of anilines is 1. The first-order valence-corrected chi connectivity index (χ1v) is 17.1. The Morgan fingerprint density at radius 1 is 1.00 bits per heavy atom. The molecule has 1 atom stereocenters. The molecule has 4 aromatic rings. The van der Waals surface area contributed by atoms with Crippen LogP contribution in [0.15, 0.2) is 60.9 Å². The molecule has 0 aliphatic carbocycles. The molecule has 0 spiro atoms. The number of para-hydroxylation sites is 1. The number of carbonyl (C=O) groups excluding carboxylic acids is 2. The third kappa shape index (κ3) is 8.66. The Kier molecular flexibility index (Phi) is 11.0. The van der Waals surface area contributed by atoms with Gasteiger partial charge in [-0.15, -0.1) is 16.4 Å². The SMILES string of the molecule is COc1cccc2c1OCCCn1cc(nn1)CCN(Cc1cnc(N3CCCC3)s1)CCNC(=O)[C@H](Cc1ccccc1)NC2=O. The fourth-order valence-electron chi connectivity index (χ4n) is 5.91. The van der Waals surface area contributed by atoms with Crippen LogP contribution in [0.25, 0.3) is 0 Å². The van der Waals surface area contributed by atoms with Crippen molar-refractivity contribution in [1.29, 1.82) is 0 Å². The molecule has 12 nitrogen and oxygen atoms in total. The van der Waals surface area contributed by atoms with Gasteiger partial charge in [0.25, 0.3) is 5.91 Å². The van der Waals surface area contributed by atoms with E-state index in [2.05, 4.69) is 30.7 Å². The maximum absolute atomic E-state index is 13.7. The third-order valence-corrected chi connectivity index (χ3v) is 9.46. The first-order chi connectivity index (χ1) is 23.1. The third-order valence-electron chi connectivity index (χ3n) is 8.42. The number of aromatic nitrogens is 4. The average molecular weight is 659 g/mol. The number of hydrogen-bond donors (Lipinski definition) is 2. The van der Waals surface area contributed by atoms with Crippen molar-refractivity contribution in [1.82, 2.24) is 35.5 Å². The van der Waals surface area contributed by atoms with E-state index in [0.29, 0.717) is 56.1 Å². The van der Waals surface area contributed by atoms with Crippen LogP contribution in [0.5, 0.6) is 11.5 Å². The van der Waals surface area contributed by atoms with Gasteiger partial charge in [0, 0.05) is 82.3 Å². The molecule has 2 amide bonds. The molecule has 6 rings (SSSR count). The Balaban J connectivity index is 1.22. The zero-order valence-corrected chi connectivity index (χ0v) is 27.6. The number of amides is 2. The summed E-state index contributed by atoms with van der Waals surface area (Å²) >= 11 is 1.74. The molecule has 0 saturated carbocycles. The first-order valence-electron chi connectivity index (χ1n) is 16.3. The highest BCUT2D eigenvalue weighted by Crippen LogP contribution is 2.31. The monoisotopic (exact) mass is 658 g/mol. The van der Waals surface area contributed by atoms with Crippen molar-refractivity contribution in [3.63, 3.8) is 0 Å². The number of nitrogens with one attached hydrogen (secondary N) is 2. The van der Waals surface area contributed by atoms with Crippen LogP contribution >= 0.6 is 11.3 Å². The molecule has 2 aromatic heterocycles. The van der Waals surface area contributed by atoms with Gasteiger partial charge in [0.2, 0.25) is 5.91 Å². The summed E-state index contributed by atoms with van der Waals surface area (Å²) in [5.41, 5.74) is 2.16. The highest BCUT2D eigenvalue weighted by atomic mass is 32.1. The number of benzene rings is 2. The molecular formula is C34H42N8O4S. The van der Waals surface area contributed by atoms with E-state index in [9.17, 15) is 9.59 Å². The molecule has 4 heterocycles. The summed E-state index contributed by atoms with van der Waals surface area (Å²) in [6.45, 7) is 5.57. The molecule has 2 aliphatic heterocycles. The van der Waals surface area contributed by atoms with Crippen LogP contribution in [-0.2, 0) is 30.7 Å². The molecule has 248 valence electrons. The van der Waals surface area contributed by atoms with Gasteiger partial charge in [0.15, 0.2) is 16.6 Å². The highest BCUT2D eigenvalue weighted by molar-refractivity contribution is 7.15. The number of methoxy groups -OCH3 is 1. The highest BCUT2D eigenvalue weighted by Gasteiger charge is 2.25. The van der Waals surface area contributed by atoms with E-state index in [1.54, 1.807) is 36.6 Å². The van der Waals surface area contributed by atoms with Crippen LogP contribution in [0.1, 0.15) is 45.8 Å². The minimum atomic E-state index is -0.793. The molecule has 47 heavy (non-hydrogen) atoms. The molecular weight excluding hydrogens is 616 g/mol. The molecule has 0 unspecified atom stereocenters. The lowest BCUT2D eigenvalue weighted by Crippen LogP contribution is -2.49. The van der Waals surface area contributed by atoms with Gasteiger partial charge < -0.3 is 25.0 Å². The van der Waals surface area contributed by atoms with Crippen LogP contribution in [-0.4, -0.2) is 89.2 Å². The average Bonchev–Trinajstić information content (AvgIpc) is 3.88. The summed E-state index contributed by atoms with van der Waals surface area (Å²) in [6.07, 6.45) is 8.08. The standard InChI is InChI=1S/C34H42N8O4S/c1-45-30-12-7-11-28-31(30)46-20-8-17-42-23-26(38-39-42)13-18-40(24-27-22-36-34(47-27)41-15-5-6-16-41)19-14-35-33(44)29(37-32(28)43)21-25-9-3-2-4-10-25/h2-4,7,9-12,22-23,29H,5-6,8,13-21,24H2,1H3,(H,35,44)(H,37,43)/t29-/m0/s1. The molecule has 2 bridgehead atoms. The summed E-state index contributed by atoms with van der Waals surface area (Å²) in [5.74, 6) is 0.135. The summed E-state index contributed by atoms with van der Waals surface area (Å²) in [5, 5.41) is 15.9. The van der Waals surface area contributed by atoms with Gasteiger partial charge in [0.1, 0.15) is 6.04 Å². The van der Waals surface area contributed by atoms with Crippen molar-refractivity contribution in [2.24, 2.45) is 0 Å². The topological polar surface area (TPSA) is 127 Å². The van der Waals surface area contributed by atoms with Gasteiger partial charge in [-0.3, -0.25) is 19.2 Å². The van der Waals surface area contributed by atoms with Gasteiger partial charge in [-0.05, 0) is 30.5 Å². The second kappa shape index (κ2) is 15.9. The van der Waals surface area contributed by atoms with Gasteiger partial charge >= 0.3 is 0 Å². The minimum absolute atomic E-state index is 0.248. The lowest BCUT2D eigenvalue weighted by atomic mass is 10.0. The first kappa shape index (κ1) is 32.5. The van der Waals surface area contributed by atoms with E-state index < -0.39 is 11.9 Å². The normalized spacial score (nSPS) is 18.7. The van der Waals surface area contributed by atoms with E-state index >= 15 is 0 Å². The number of thiazole rings is 1. The number of ether oxygens (including phenoxy) is 2. The Morgan fingerprint density at radius 2 is 1.85 bits per heavy atom. The summed E-state index contributed by atoms with van der Waals surface area (Å²) in [7, 11) is 1.54. The van der Waals surface area contributed by atoms with Crippen molar-refractivity contribution in [2.45, 2.75) is 51.2 Å². The van der Waals surface area contributed by atoms with Crippen molar-refractivity contribution in [2.75, 3.05) is 51.3 Å². The maximum atomic E-state index is 13.7. The Morgan fingerprint density at radius 3 is 2.68 bits per heavy atom. The van der Waals surface area contributed by atoms with Crippen LogP contribution in [0.2, 0.25) is 0 Å². The molecule has 2 N–H and O–H groups in total. The number of rotatable bonds is 6. The van der Waals surface area contributed by atoms with Gasteiger partial charge in [0.05, 0.1) is 25.0 Å². The largest absolute Gasteiger partial charge is 0.493 e. The Hall–Kier alpha value is -4.49. The molecule has 2 aromatic carbocycles. The zero-order chi connectivity index (χ0) is 32.4. The molecule has 1 fully saturated rings. The quantitative estimate of drug-likeness (QED) is 0.321. The van der Waals surface area contributed by atoms with Crippen molar-refractivity contribution < 1.29 is 19.1 Å². The lowest BCUT2D eigenvalue weighted by molar-refractivity contribution is -0.123.